The molecule has 0 bridgehead atoms. The number of para-hydroxylation sites is 1. The summed E-state index contributed by atoms with van der Waals surface area (Å²) >= 11 is 0. The van der Waals surface area contributed by atoms with E-state index in [-0.39, 0.29) is 17.5 Å². The third-order valence-electron chi connectivity index (χ3n) is 7.27. The van der Waals surface area contributed by atoms with Crippen molar-refractivity contribution in [2.24, 2.45) is 5.92 Å². The molecule has 1 heterocycles. The molecular formula is C29H37N3O2. The summed E-state index contributed by atoms with van der Waals surface area (Å²) in [5.41, 5.74) is 2.59. The van der Waals surface area contributed by atoms with E-state index < -0.39 is 0 Å². The van der Waals surface area contributed by atoms with Crippen LogP contribution in [0.4, 0.5) is 0 Å². The van der Waals surface area contributed by atoms with Gasteiger partial charge in [-0.2, -0.15) is 0 Å². The highest BCUT2D eigenvalue weighted by atomic mass is 16.2. The van der Waals surface area contributed by atoms with E-state index in [0.29, 0.717) is 35.6 Å². The van der Waals surface area contributed by atoms with Gasteiger partial charge in [0.1, 0.15) is 5.82 Å². The minimum atomic E-state index is -0.306. The molecular weight excluding hydrogens is 422 g/mol. The third-order valence-corrected chi connectivity index (χ3v) is 7.27. The van der Waals surface area contributed by atoms with E-state index in [2.05, 4.69) is 26.0 Å². The van der Waals surface area contributed by atoms with Gasteiger partial charge in [0, 0.05) is 13.0 Å². The van der Waals surface area contributed by atoms with E-state index in [0.717, 1.165) is 24.9 Å². The van der Waals surface area contributed by atoms with Crippen molar-refractivity contribution in [3.63, 3.8) is 0 Å². The van der Waals surface area contributed by atoms with Crippen molar-refractivity contribution in [3.05, 3.63) is 70.3 Å². The van der Waals surface area contributed by atoms with Crippen molar-refractivity contribution in [3.8, 4) is 5.69 Å². The van der Waals surface area contributed by atoms with Crippen LogP contribution in [0.5, 0.6) is 0 Å². The zero-order chi connectivity index (χ0) is 24.1. The molecule has 1 aliphatic rings. The van der Waals surface area contributed by atoms with E-state index in [1.807, 2.05) is 48.2 Å². The lowest BCUT2D eigenvalue weighted by Gasteiger charge is -2.31. The summed E-state index contributed by atoms with van der Waals surface area (Å²) in [6, 6.07) is 15.3. The van der Waals surface area contributed by atoms with Crippen molar-refractivity contribution in [1.29, 1.82) is 0 Å². The van der Waals surface area contributed by atoms with Gasteiger partial charge in [-0.3, -0.25) is 14.2 Å². The number of amides is 1. The fraction of sp³-hybridized carbons (Fsp3) is 0.483. The van der Waals surface area contributed by atoms with E-state index in [1.54, 1.807) is 4.57 Å². The first-order chi connectivity index (χ1) is 16.5. The van der Waals surface area contributed by atoms with E-state index in [4.69, 9.17) is 4.98 Å². The van der Waals surface area contributed by atoms with Crippen molar-refractivity contribution in [1.82, 2.24) is 14.5 Å². The fourth-order valence-corrected chi connectivity index (χ4v) is 5.25. The molecule has 1 saturated carbocycles. The highest BCUT2D eigenvalue weighted by molar-refractivity contribution is 5.79. The smallest absolute Gasteiger partial charge is 0.266 e. The molecule has 3 aromatic rings. The summed E-state index contributed by atoms with van der Waals surface area (Å²) in [7, 11) is 0. The molecule has 1 fully saturated rings. The predicted octanol–water partition coefficient (Wildman–Crippen LogP) is 6.22. The maximum absolute atomic E-state index is 13.7. The number of carbonyl (C=O) groups is 1. The Kier molecular flexibility index (Phi) is 7.81. The predicted molar refractivity (Wildman–Crippen MR) is 138 cm³/mol. The van der Waals surface area contributed by atoms with Crippen LogP contribution in [-0.2, 0) is 11.2 Å². The minimum absolute atomic E-state index is 0.0912. The normalized spacial score (nSPS) is 15.0. The summed E-state index contributed by atoms with van der Waals surface area (Å²) in [6.07, 6.45) is 8.40. The van der Waals surface area contributed by atoms with Crippen molar-refractivity contribution >= 4 is 16.8 Å². The Bertz CT molecular complexity index is 1180. The van der Waals surface area contributed by atoms with E-state index in [1.165, 1.54) is 31.2 Å². The van der Waals surface area contributed by atoms with Gasteiger partial charge in [-0.1, -0.05) is 63.8 Å². The maximum Gasteiger partial charge on any atom is 0.266 e. The Morgan fingerprint density at radius 2 is 1.79 bits per heavy atom. The van der Waals surface area contributed by atoms with Crippen LogP contribution < -0.4 is 5.56 Å². The number of hydrogen-bond donors (Lipinski definition) is 0. The molecule has 1 unspecified atom stereocenters. The number of nitrogens with zero attached hydrogens (tertiary/aromatic N) is 3. The summed E-state index contributed by atoms with van der Waals surface area (Å²) in [5, 5.41) is 0.590. The van der Waals surface area contributed by atoms with Gasteiger partial charge in [0.25, 0.3) is 5.56 Å². The first-order valence-corrected chi connectivity index (χ1v) is 12.9. The number of aromatic nitrogens is 2. The average molecular weight is 460 g/mol. The van der Waals surface area contributed by atoms with Gasteiger partial charge in [0.15, 0.2) is 0 Å². The maximum atomic E-state index is 13.7. The summed E-state index contributed by atoms with van der Waals surface area (Å²) in [5.74, 6) is 1.46. The number of hydrogen-bond acceptors (Lipinski definition) is 3. The van der Waals surface area contributed by atoms with Crippen LogP contribution in [0.3, 0.4) is 0 Å². The Morgan fingerprint density at radius 1 is 1.09 bits per heavy atom. The van der Waals surface area contributed by atoms with Gasteiger partial charge >= 0.3 is 0 Å². The number of aryl methyl sites for hydroxylation is 1. The molecule has 1 amide bonds. The summed E-state index contributed by atoms with van der Waals surface area (Å²) in [6.45, 7) is 6.87. The Labute approximate surface area is 202 Å². The lowest BCUT2D eigenvalue weighted by atomic mass is 10.0. The zero-order valence-corrected chi connectivity index (χ0v) is 20.8. The fourth-order valence-electron chi connectivity index (χ4n) is 5.25. The topological polar surface area (TPSA) is 55.2 Å². The second kappa shape index (κ2) is 11.0. The standard InChI is InChI=1S/C29H37N3O2/c1-4-20-31(27(33)19-16-23-10-6-7-11-23)21(3)28-30-26-13-9-8-12-25(26)29(34)32(28)24-17-14-22(5-2)15-18-24/h8-9,12-15,17-18,21,23H,4-7,10-11,16,19-20H2,1-3H3. The molecule has 1 aromatic heterocycles. The van der Waals surface area contributed by atoms with Gasteiger partial charge in [-0.15, -0.1) is 0 Å². The quantitative estimate of drug-likeness (QED) is 0.382. The monoisotopic (exact) mass is 459 g/mol. The van der Waals surface area contributed by atoms with Gasteiger partial charge in [0.05, 0.1) is 22.6 Å². The Morgan fingerprint density at radius 3 is 2.47 bits per heavy atom. The van der Waals surface area contributed by atoms with Crippen LogP contribution in [-0.4, -0.2) is 26.9 Å². The number of benzene rings is 2. The minimum Gasteiger partial charge on any atom is -0.333 e. The second-order valence-corrected chi connectivity index (χ2v) is 9.60. The van der Waals surface area contributed by atoms with E-state index >= 15 is 0 Å². The first-order valence-electron chi connectivity index (χ1n) is 12.9. The molecule has 180 valence electrons. The first kappa shape index (κ1) is 24.2. The zero-order valence-electron chi connectivity index (χ0n) is 20.8. The number of rotatable bonds is 9. The Hall–Kier alpha value is -2.95. The molecule has 4 rings (SSSR count). The highest BCUT2D eigenvalue weighted by Gasteiger charge is 2.27. The van der Waals surface area contributed by atoms with Gasteiger partial charge in [0.2, 0.25) is 5.91 Å². The van der Waals surface area contributed by atoms with Crippen LogP contribution in [0.2, 0.25) is 0 Å². The number of fused-ring (bicyclic) bond motifs is 1. The van der Waals surface area contributed by atoms with Gasteiger partial charge < -0.3 is 4.90 Å². The number of carbonyl (C=O) groups excluding carboxylic acids is 1. The molecule has 0 radical (unpaired) electrons. The second-order valence-electron chi connectivity index (χ2n) is 9.60. The van der Waals surface area contributed by atoms with E-state index in [9.17, 15) is 9.59 Å². The molecule has 0 spiro atoms. The molecule has 0 saturated heterocycles. The molecule has 34 heavy (non-hydrogen) atoms. The SMILES string of the molecule is CCCN(C(=O)CCC1CCCC1)C(C)c1nc2ccccc2c(=O)n1-c1ccc(CC)cc1. The lowest BCUT2D eigenvalue weighted by Crippen LogP contribution is -2.38. The molecule has 5 nitrogen and oxygen atoms in total. The molecule has 0 N–H and O–H groups in total. The molecule has 1 atom stereocenters. The van der Waals surface area contributed by atoms with Gasteiger partial charge in [-0.05, 0) is 61.9 Å². The molecule has 0 aliphatic heterocycles. The molecule has 1 aliphatic carbocycles. The largest absolute Gasteiger partial charge is 0.333 e. The Balaban J connectivity index is 1.75. The van der Waals surface area contributed by atoms with Crippen LogP contribution in [0, 0.1) is 5.92 Å². The third kappa shape index (κ3) is 5.08. The van der Waals surface area contributed by atoms with Crippen LogP contribution >= 0.6 is 0 Å². The highest BCUT2D eigenvalue weighted by Crippen LogP contribution is 2.30. The average Bonchev–Trinajstić information content (AvgIpc) is 3.39. The van der Waals surface area contributed by atoms with Crippen LogP contribution in [0.1, 0.15) is 83.1 Å². The van der Waals surface area contributed by atoms with Crippen molar-refractivity contribution in [2.75, 3.05) is 6.54 Å². The summed E-state index contributed by atoms with van der Waals surface area (Å²) < 4.78 is 1.71. The molecule has 5 heteroatoms. The van der Waals surface area contributed by atoms with Crippen LogP contribution in [0.15, 0.2) is 53.3 Å². The summed E-state index contributed by atoms with van der Waals surface area (Å²) in [4.78, 5) is 34.0. The molecule has 2 aromatic carbocycles. The van der Waals surface area contributed by atoms with Crippen molar-refractivity contribution < 1.29 is 4.79 Å². The van der Waals surface area contributed by atoms with Crippen molar-refractivity contribution in [2.45, 2.75) is 78.2 Å². The van der Waals surface area contributed by atoms with Crippen LogP contribution in [0.25, 0.3) is 16.6 Å². The van der Waals surface area contributed by atoms with Gasteiger partial charge in [-0.25, -0.2) is 4.98 Å². The lowest BCUT2D eigenvalue weighted by molar-refractivity contribution is -0.134.